The van der Waals surface area contributed by atoms with Crippen molar-refractivity contribution in [1.82, 2.24) is 14.8 Å². The lowest BCUT2D eigenvalue weighted by Gasteiger charge is -2.06. The van der Waals surface area contributed by atoms with Crippen LogP contribution in [0.3, 0.4) is 0 Å². The predicted molar refractivity (Wildman–Crippen MR) is 68.2 cm³/mol. The number of aromatic nitrogens is 3. The van der Waals surface area contributed by atoms with Gasteiger partial charge in [0.1, 0.15) is 23.2 Å². The number of benzene rings is 1. The zero-order valence-corrected chi connectivity index (χ0v) is 11.1. The first-order valence-corrected chi connectivity index (χ1v) is 5.78. The van der Waals surface area contributed by atoms with Gasteiger partial charge in [0.2, 0.25) is 0 Å². The van der Waals surface area contributed by atoms with Gasteiger partial charge in [0.25, 0.3) is 5.69 Å². The lowest BCUT2D eigenvalue weighted by Crippen LogP contribution is -2.04. The molecule has 0 saturated heterocycles. The predicted octanol–water partition coefficient (Wildman–Crippen LogP) is 2.26. The summed E-state index contributed by atoms with van der Waals surface area (Å²) < 4.78 is 7.27. The summed E-state index contributed by atoms with van der Waals surface area (Å²) in [4.78, 5) is 10.1. The van der Waals surface area contributed by atoms with Gasteiger partial charge >= 0.3 is 0 Å². The van der Waals surface area contributed by atoms with Crippen molar-refractivity contribution in [3.8, 4) is 5.75 Å². The SMILES string of the molecule is Cc1nnc(COc2ccc([N+](=O)[O-])c(Cl)c2)n1C. The van der Waals surface area contributed by atoms with E-state index in [4.69, 9.17) is 16.3 Å². The zero-order valence-electron chi connectivity index (χ0n) is 10.3. The molecule has 0 atom stereocenters. The van der Waals surface area contributed by atoms with E-state index < -0.39 is 4.92 Å². The molecule has 0 aliphatic rings. The van der Waals surface area contributed by atoms with Crippen LogP contribution in [0, 0.1) is 17.0 Å². The lowest BCUT2D eigenvalue weighted by molar-refractivity contribution is -0.384. The molecule has 0 radical (unpaired) electrons. The van der Waals surface area contributed by atoms with E-state index in [1.54, 1.807) is 4.57 Å². The second-order valence-electron chi connectivity index (χ2n) is 3.88. The first-order valence-electron chi connectivity index (χ1n) is 5.40. The molecule has 1 heterocycles. The van der Waals surface area contributed by atoms with Gasteiger partial charge in [-0.05, 0) is 13.0 Å². The monoisotopic (exact) mass is 282 g/mol. The maximum Gasteiger partial charge on any atom is 0.288 e. The second kappa shape index (κ2) is 5.23. The van der Waals surface area contributed by atoms with Crippen molar-refractivity contribution in [3.05, 3.63) is 45.0 Å². The third-order valence-electron chi connectivity index (χ3n) is 2.67. The molecule has 0 unspecified atom stereocenters. The van der Waals surface area contributed by atoms with Crippen molar-refractivity contribution in [1.29, 1.82) is 0 Å². The summed E-state index contributed by atoms with van der Waals surface area (Å²) in [5.41, 5.74) is -0.150. The number of rotatable bonds is 4. The molecular weight excluding hydrogens is 272 g/mol. The van der Waals surface area contributed by atoms with Crippen LogP contribution in [0.15, 0.2) is 18.2 Å². The number of nitro benzene ring substituents is 1. The van der Waals surface area contributed by atoms with Crippen LogP contribution in [-0.4, -0.2) is 19.7 Å². The summed E-state index contributed by atoms with van der Waals surface area (Å²) in [6, 6.07) is 4.20. The van der Waals surface area contributed by atoms with Crippen molar-refractivity contribution < 1.29 is 9.66 Å². The highest BCUT2D eigenvalue weighted by molar-refractivity contribution is 6.32. The first kappa shape index (κ1) is 13.3. The highest BCUT2D eigenvalue weighted by Crippen LogP contribution is 2.28. The van der Waals surface area contributed by atoms with Crippen LogP contribution in [0.4, 0.5) is 5.69 Å². The fourth-order valence-electron chi connectivity index (χ4n) is 1.45. The van der Waals surface area contributed by atoms with E-state index in [1.807, 2.05) is 14.0 Å². The normalized spacial score (nSPS) is 10.5. The van der Waals surface area contributed by atoms with Crippen molar-refractivity contribution in [2.45, 2.75) is 13.5 Å². The molecule has 7 nitrogen and oxygen atoms in total. The van der Waals surface area contributed by atoms with E-state index in [2.05, 4.69) is 10.2 Å². The molecule has 0 saturated carbocycles. The average molecular weight is 283 g/mol. The third-order valence-corrected chi connectivity index (χ3v) is 2.97. The number of ether oxygens (including phenoxy) is 1. The zero-order chi connectivity index (χ0) is 14.0. The van der Waals surface area contributed by atoms with Gasteiger partial charge in [-0.25, -0.2) is 0 Å². The Bertz CT molecular complexity index is 626. The van der Waals surface area contributed by atoms with Crippen molar-refractivity contribution >= 4 is 17.3 Å². The molecule has 1 aromatic carbocycles. The van der Waals surface area contributed by atoms with Gasteiger partial charge in [0, 0.05) is 19.2 Å². The van der Waals surface area contributed by atoms with E-state index >= 15 is 0 Å². The molecule has 0 spiro atoms. The summed E-state index contributed by atoms with van der Waals surface area (Å²) in [5, 5.41) is 18.5. The van der Waals surface area contributed by atoms with Crippen LogP contribution >= 0.6 is 11.6 Å². The summed E-state index contributed by atoms with van der Waals surface area (Å²) in [6.07, 6.45) is 0. The molecule has 0 amide bonds. The van der Waals surface area contributed by atoms with Gasteiger partial charge in [0.05, 0.1) is 4.92 Å². The molecule has 1 aromatic heterocycles. The molecule has 100 valence electrons. The van der Waals surface area contributed by atoms with E-state index in [0.29, 0.717) is 11.6 Å². The number of nitrogens with zero attached hydrogens (tertiary/aromatic N) is 4. The third kappa shape index (κ3) is 2.82. The Morgan fingerprint density at radius 3 is 2.74 bits per heavy atom. The summed E-state index contributed by atoms with van der Waals surface area (Å²) >= 11 is 5.79. The molecule has 2 aromatic rings. The van der Waals surface area contributed by atoms with Crippen LogP contribution in [0.1, 0.15) is 11.6 Å². The molecule has 0 fully saturated rings. The fraction of sp³-hybridized carbons (Fsp3) is 0.273. The van der Waals surface area contributed by atoms with E-state index in [-0.39, 0.29) is 17.3 Å². The summed E-state index contributed by atoms with van der Waals surface area (Å²) in [5.74, 6) is 1.88. The molecule has 19 heavy (non-hydrogen) atoms. The highest BCUT2D eigenvalue weighted by atomic mass is 35.5. The Morgan fingerprint density at radius 1 is 1.47 bits per heavy atom. The average Bonchev–Trinajstić information content (AvgIpc) is 2.67. The minimum atomic E-state index is -0.544. The van der Waals surface area contributed by atoms with Gasteiger partial charge < -0.3 is 9.30 Å². The molecule has 0 aliphatic heterocycles. The summed E-state index contributed by atoms with van der Waals surface area (Å²) in [6.45, 7) is 2.05. The molecule has 0 N–H and O–H groups in total. The van der Waals surface area contributed by atoms with E-state index in [9.17, 15) is 10.1 Å². The van der Waals surface area contributed by atoms with Crippen molar-refractivity contribution in [2.24, 2.45) is 7.05 Å². The van der Waals surface area contributed by atoms with Crippen molar-refractivity contribution in [2.75, 3.05) is 0 Å². The quantitative estimate of drug-likeness (QED) is 0.634. The fourth-order valence-corrected chi connectivity index (χ4v) is 1.69. The maximum absolute atomic E-state index is 10.6. The smallest absolute Gasteiger partial charge is 0.288 e. The van der Waals surface area contributed by atoms with Gasteiger partial charge in [-0.2, -0.15) is 0 Å². The lowest BCUT2D eigenvalue weighted by atomic mass is 10.3. The number of hydrogen-bond donors (Lipinski definition) is 0. The Morgan fingerprint density at radius 2 is 2.21 bits per heavy atom. The van der Waals surface area contributed by atoms with E-state index in [0.717, 1.165) is 5.82 Å². The van der Waals surface area contributed by atoms with Gasteiger partial charge in [-0.15, -0.1) is 10.2 Å². The van der Waals surface area contributed by atoms with E-state index in [1.165, 1.54) is 18.2 Å². The Labute approximate surface area is 113 Å². The number of halogens is 1. The minimum absolute atomic E-state index is 0.0386. The molecule has 2 rings (SSSR count). The number of nitro groups is 1. The molecular formula is C11H11ClN4O3. The molecule has 0 bridgehead atoms. The van der Waals surface area contributed by atoms with Gasteiger partial charge in [-0.1, -0.05) is 11.6 Å². The minimum Gasteiger partial charge on any atom is -0.486 e. The van der Waals surface area contributed by atoms with Crippen LogP contribution in [-0.2, 0) is 13.7 Å². The highest BCUT2D eigenvalue weighted by Gasteiger charge is 2.13. The molecule has 8 heteroatoms. The molecule has 0 aliphatic carbocycles. The number of aryl methyl sites for hydroxylation is 1. The topological polar surface area (TPSA) is 83.1 Å². The Hall–Kier alpha value is -2.15. The number of hydrogen-bond acceptors (Lipinski definition) is 5. The Balaban J connectivity index is 2.10. The van der Waals surface area contributed by atoms with Crippen LogP contribution in [0.5, 0.6) is 5.75 Å². The second-order valence-corrected chi connectivity index (χ2v) is 4.29. The van der Waals surface area contributed by atoms with Crippen LogP contribution < -0.4 is 4.74 Å². The van der Waals surface area contributed by atoms with Crippen molar-refractivity contribution in [3.63, 3.8) is 0 Å². The van der Waals surface area contributed by atoms with Crippen LogP contribution in [0.25, 0.3) is 0 Å². The summed E-state index contributed by atoms with van der Waals surface area (Å²) in [7, 11) is 1.83. The van der Waals surface area contributed by atoms with Crippen LogP contribution in [0.2, 0.25) is 5.02 Å². The van der Waals surface area contributed by atoms with Gasteiger partial charge in [-0.3, -0.25) is 10.1 Å². The first-order chi connectivity index (χ1) is 8.99. The maximum atomic E-state index is 10.6. The Kier molecular flexibility index (Phi) is 3.66. The largest absolute Gasteiger partial charge is 0.486 e. The standard InChI is InChI=1S/C11H11ClN4O3/c1-7-13-14-11(15(7)2)6-19-8-3-4-10(16(17)18)9(12)5-8/h3-5H,6H2,1-2H3. The van der Waals surface area contributed by atoms with Gasteiger partial charge in [0.15, 0.2) is 5.82 Å².